The first-order valence-electron chi connectivity index (χ1n) is 9.86. The Morgan fingerprint density at radius 1 is 1.11 bits per heavy atom. The lowest BCUT2D eigenvalue weighted by Gasteiger charge is -2.19. The van der Waals surface area contributed by atoms with Crippen LogP contribution in [0.3, 0.4) is 0 Å². The van der Waals surface area contributed by atoms with E-state index in [0.717, 1.165) is 12.1 Å². The molecule has 1 aliphatic heterocycles. The number of aliphatic hydroxyl groups is 2. The van der Waals surface area contributed by atoms with E-state index in [9.17, 15) is 28.8 Å². The summed E-state index contributed by atoms with van der Waals surface area (Å²) in [5.74, 6) is 0.788. The summed E-state index contributed by atoms with van der Waals surface area (Å²) in [6.07, 6.45) is -3.69. The van der Waals surface area contributed by atoms with E-state index in [1.807, 2.05) is 0 Å². The van der Waals surface area contributed by atoms with Gasteiger partial charge in [0.25, 0.3) is 0 Å². The van der Waals surface area contributed by atoms with Crippen molar-refractivity contribution in [2.75, 3.05) is 24.6 Å². The zero-order valence-corrected chi connectivity index (χ0v) is 22.4. The van der Waals surface area contributed by atoms with E-state index in [-0.39, 0.29) is 22.1 Å². The van der Waals surface area contributed by atoms with E-state index < -0.39 is 54.6 Å². The maximum atomic E-state index is 11.8. The number of nitrogens with zero attached hydrogens (tertiary/aromatic N) is 4. The molecule has 1 saturated heterocycles. The van der Waals surface area contributed by atoms with Gasteiger partial charge in [0.05, 0.1) is 12.9 Å². The van der Waals surface area contributed by atoms with Gasteiger partial charge in [-0.05, 0) is 0 Å². The minimum absolute atomic E-state index is 0.0426. The number of thioether (sulfide) groups is 1. The molecular weight excluding hydrogens is 601 g/mol. The van der Waals surface area contributed by atoms with E-state index in [1.165, 1.54) is 22.7 Å². The zero-order valence-electron chi connectivity index (χ0n) is 18.9. The Hall–Kier alpha value is -1.58. The number of imidazole rings is 1. The average Bonchev–Trinajstić information content (AvgIpc) is 3.31. The predicted molar refractivity (Wildman–Crippen MR) is 129 cm³/mol. The van der Waals surface area contributed by atoms with Crippen LogP contribution in [0.1, 0.15) is 6.23 Å². The summed E-state index contributed by atoms with van der Waals surface area (Å²) in [7, 11) is -16.7. The van der Waals surface area contributed by atoms with Gasteiger partial charge in [0.15, 0.2) is 22.9 Å². The number of aromatic nitrogens is 4. The molecule has 3 rings (SSSR count). The summed E-state index contributed by atoms with van der Waals surface area (Å²) >= 11 is 1.27. The second kappa shape index (κ2) is 13.2. The summed E-state index contributed by atoms with van der Waals surface area (Å²) in [5.41, 5.74) is 16.1. The van der Waals surface area contributed by atoms with Crippen LogP contribution in [-0.2, 0) is 31.6 Å². The molecule has 0 radical (unpaired) electrons. The number of nitrogens with two attached hydrogens (primary N) is 3. The number of nitrogens with one attached hydrogen (secondary N) is 1. The van der Waals surface area contributed by atoms with Crippen LogP contribution in [0.15, 0.2) is 12.7 Å². The highest BCUT2D eigenvalue weighted by Gasteiger charge is 2.47. The van der Waals surface area contributed by atoms with Crippen molar-refractivity contribution in [2.45, 2.75) is 24.5 Å². The first-order chi connectivity index (χ1) is 17.5. The second-order valence-electron chi connectivity index (χ2n) is 7.02. The Kier molecular flexibility index (Phi) is 11.3. The maximum Gasteiger partial charge on any atom is 0.490 e. The van der Waals surface area contributed by atoms with E-state index in [2.05, 4.69) is 28.1 Å². The monoisotopic (exact) mass is 626 g/mol. The third kappa shape index (κ3) is 9.56. The number of nitrogen functional groups attached to an aromatic ring is 1. The highest BCUT2D eigenvalue weighted by molar-refractivity contribution is 8.13. The third-order valence-electron chi connectivity index (χ3n) is 4.19. The molecule has 0 aromatic carbocycles. The van der Waals surface area contributed by atoms with Crippen molar-refractivity contribution in [3.63, 3.8) is 0 Å². The molecule has 13 N–H and O–H groups in total. The average molecular weight is 626 g/mol. The SMILES string of the molecule is N=C(N)SCCN.Nc1ncnc2c1ncn2C1O[C@H](COP(=O)(O)OP(=O)(O)OP(=O)(O)O)[C@H](O)[C@H]1O. The Morgan fingerprint density at radius 3 is 2.32 bits per heavy atom. The van der Waals surface area contributed by atoms with Gasteiger partial charge in [-0.15, -0.1) is 0 Å². The maximum absolute atomic E-state index is 11.8. The lowest BCUT2D eigenvalue weighted by Crippen LogP contribution is -2.33. The van der Waals surface area contributed by atoms with Crippen molar-refractivity contribution in [1.82, 2.24) is 19.5 Å². The molecule has 6 atom stereocenters. The molecule has 3 heterocycles. The molecule has 0 spiro atoms. The molecule has 38 heavy (non-hydrogen) atoms. The molecule has 0 aliphatic carbocycles. The van der Waals surface area contributed by atoms with Gasteiger partial charge in [-0.2, -0.15) is 8.62 Å². The standard InChI is InChI=1S/C10H16N5O13P3.C3H9N3S/c11-8-5-9(13-2-12-8)15(3-14-5)10-7(17)6(16)4(26-10)1-25-30(21,22)28-31(23,24)27-29(18,19)20;4-1-2-7-3(5)6/h2-4,6-7,10,16-17H,1H2,(H,21,22)(H,23,24)(H2,11,12,13)(H2,18,19,20);1-2,4H2,(H3,5,6)/t4-,6+,7-,10?;/m1./s1. The zero-order chi connectivity index (χ0) is 28.9. The lowest BCUT2D eigenvalue weighted by atomic mass is 10.1. The summed E-state index contributed by atoms with van der Waals surface area (Å²) < 4.78 is 51.9. The topological polar surface area (TPSA) is 355 Å². The number of hydrogen-bond donors (Lipinski definition) is 10. The van der Waals surface area contributed by atoms with Crippen molar-refractivity contribution >= 4 is 57.4 Å². The molecule has 3 unspecified atom stereocenters. The Balaban J connectivity index is 0.000000638. The fourth-order valence-corrected chi connectivity index (χ4v) is 6.16. The summed E-state index contributed by atoms with van der Waals surface area (Å²) in [6, 6.07) is 0. The molecule has 25 heteroatoms. The number of rotatable bonds is 10. The van der Waals surface area contributed by atoms with Crippen LogP contribution in [0.2, 0.25) is 0 Å². The molecule has 0 saturated carbocycles. The number of amidine groups is 1. The molecule has 216 valence electrons. The van der Waals surface area contributed by atoms with E-state index >= 15 is 0 Å². The number of phosphoric acid groups is 3. The van der Waals surface area contributed by atoms with Gasteiger partial charge in [-0.25, -0.2) is 28.6 Å². The number of fused-ring (bicyclic) bond motifs is 1. The van der Waals surface area contributed by atoms with Gasteiger partial charge in [-0.1, -0.05) is 11.8 Å². The van der Waals surface area contributed by atoms with Gasteiger partial charge in [0, 0.05) is 12.3 Å². The van der Waals surface area contributed by atoms with Crippen molar-refractivity contribution in [3.8, 4) is 0 Å². The van der Waals surface area contributed by atoms with Crippen LogP contribution in [0, 0.1) is 5.41 Å². The Morgan fingerprint density at radius 2 is 1.76 bits per heavy atom. The van der Waals surface area contributed by atoms with E-state index in [0.29, 0.717) is 6.54 Å². The van der Waals surface area contributed by atoms with Crippen LogP contribution in [0.25, 0.3) is 11.2 Å². The van der Waals surface area contributed by atoms with Crippen LogP contribution < -0.4 is 17.2 Å². The number of anilines is 1. The largest absolute Gasteiger partial charge is 0.490 e. The molecule has 0 bridgehead atoms. The quantitative estimate of drug-likeness (QED) is 0.0769. The summed E-state index contributed by atoms with van der Waals surface area (Å²) in [5, 5.41) is 27.2. The number of aliphatic hydroxyl groups excluding tert-OH is 2. The molecule has 1 fully saturated rings. The molecule has 2 aromatic heterocycles. The van der Waals surface area contributed by atoms with Crippen molar-refractivity contribution in [2.24, 2.45) is 11.5 Å². The minimum Gasteiger partial charge on any atom is -0.387 e. The van der Waals surface area contributed by atoms with Crippen LogP contribution in [-0.4, -0.2) is 91.7 Å². The highest BCUT2D eigenvalue weighted by atomic mass is 32.2. The summed E-state index contributed by atoms with van der Waals surface area (Å²) in [6.45, 7) is -0.369. The van der Waals surface area contributed by atoms with E-state index in [1.54, 1.807) is 0 Å². The van der Waals surface area contributed by atoms with Crippen molar-refractivity contribution in [1.29, 1.82) is 5.41 Å². The normalized spacial score (nSPS) is 24.8. The molecular formula is C13H25N8O13P3S. The van der Waals surface area contributed by atoms with Gasteiger partial charge in [0.2, 0.25) is 0 Å². The highest BCUT2D eigenvalue weighted by Crippen LogP contribution is 2.66. The fourth-order valence-electron chi connectivity index (χ4n) is 2.79. The number of hydrogen-bond acceptors (Lipinski definition) is 16. The van der Waals surface area contributed by atoms with Crippen LogP contribution in [0.4, 0.5) is 5.82 Å². The molecule has 21 nitrogen and oxygen atoms in total. The lowest BCUT2D eigenvalue weighted by molar-refractivity contribution is -0.0503. The van der Waals surface area contributed by atoms with Crippen LogP contribution >= 0.6 is 35.2 Å². The predicted octanol–water partition coefficient (Wildman–Crippen LogP) is -2.06. The number of phosphoric ester groups is 1. The fraction of sp³-hybridized carbons (Fsp3) is 0.538. The van der Waals surface area contributed by atoms with Crippen molar-refractivity contribution < 1.29 is 61.4 Å². The molecule has 0 amide bonds. The Labute approximate surface area is 217 Å². The second-order valence-corrected chi connectivity index (χ2v) is 12.6. The first kappa shape index (κ1) is 32.6. The van der Waals surface area contributed by atoms with Crippen molar-refractivity contribution in [3.05, 3.63) is 12.7 Å². The Bertz CT molecular complexity index is 1260. The molecule has 2 aromatic rings. The minimum atomic E-state index is -5.70. The van der Waals surface area contributed by atoms with Gasteiger partial charge in [-0.3, -0.25) is 14.5 Å². The third-order valence-corrected chi connectivity index (χ3v) is 8.75. The van der Waals surface area contributed by atoms with Gasteiger partial charge in [0.1, 0.15) is 30.2 Å². The van der Waals surface area contributed by atoms with Gasteiger partial charge >= 0.3 is 23.5 Å². The summed E-state index contributed by atoms with van der Waals surface area (Å²) in [4.78, 5) is 47.2. The molecule has 1 aliphatic rings. The first-order valence-corrected chi connectivity index (χ1v) is 15.4. The van der Waals surface area contributed by atoms with Crippen LogP contribution in [0.5, 0.6) is 0 Å². The number of ether oxygens (including phenoxy) is 1. The van der Waals surface area contributed by atoms with Gasteiger partial charge < -0.3 is 51.7 Å². The smallest absolute Gasteiger partial charge is 0.387 e. The van der Waals surface area contributed by atoms with E-state index in [4.69, 9.17) is 42.0 Å².